The first-order valence-corrected chi connectivity index (χ1v) is 23.4. The van der Waals surface area contributed by atoms with Crippen molar-refractivity contribution in [3.63, 3.8) is 0 Å². The fourth-order valence-corrected chi connectivity index (χ4v) is 11.2. The Kier molecular flexibility index (Phi) is 16.9. The van der Waals surface area contributed by atoms with Gasteiger partial charge in [-0.15, -0.1) is 0 Å². The molecule has 7 heteroatoms. The van der Waals surface area contributed by atoms with Gasteiger partial charge in [-0.1, -0.05) is 134 Å². The Morgan fingerprint density at radius 1 is 0.825 bits per heavy atom. The lowest BCUT2D eigenvalue weighted by molar-refractivity contribution is -0.159. The van der Waals surface area contributed by atoms with Gasteiger partial charge in [0.15, 0.2) is 0 Å². The fourth-order valence-electron chi connectivity index (χ4n) is 11.2. The van der Waals surface area contributed by atoms with Crippen LogP contribution in [0.2, 0.25) is 0 Å². The number of unbranched alkanes of at least 4 members (excludes halogenated alkanes) is 13. The van der Waals surface area contributed by atoms with E-state index in [9.17, 15) is 14.4 Å². The molecule has 0 aromatic carbocycles. The number of aromatic nitrogens is 1. The first-order chi connectivity index (χ1) is 27.3. The van der Waals surface area contributed by atoms with Crippen molar-refractivity contribution in [2.24, 2.45) is 28.6 Å². The van der Waals surface area contributed by atoms with E-state index in [4.69, 9.17) is 9.47 Å². The summed E-state index contributed by atoms with van der Waals surface area (Å²) in [5, 5.41) is 2.91. The molecular weight excluding hydrogens is 709 g/mol. The van der Waals surface area contributed by atoms with E-state index in [0.717, 1.165) is 51.4 Å². The van der Waals surface area contributed by atoms with E-state index in [1.807, 2.05) is 33.2 Å². The summed E-state index contributed by atoms with van der Waals surface area (Å²) in [6.07, 6.45) is 34.4. The Morgan fingerprint density at radius 3 is 2.11 bits per heavy atom. The second kappa shape index (κ2) is 21.3. The number of hydrogen-bond donors (Lipinski definition) is 1. The van der Waals surface area contributed by atoms with E-state index in [2.05, 4.69) is 55.4 Å². The van der Waals surface area contributed by atoms with Crippen molar-refractivity contribution in [3.05, 3.63) is 47.8 Å². The lowest BCUT2D eigenvalue weighted by Gasteiger charge is -2.57. The predicted octanol–water partition coefficient (Wildman–Crippen LogP) is 12.4. The van der Waals surface area contributed by atoms with Crippen LogP contribution in [-0.2, 0) is 23.9 Å². The molecule has 0 saturated heterocycles. The maximum absolute atomic E-state index is 13.1. The van der Waals surface area contributed by atoms with E-state index in [0.29, 0.717) is 24.2 Å². The van der Waals surface area contributed by atoms with Crippen molar-refractivity contribution >= 4 is 23.4 Å². The molecule has 1 amide bonds. The summed E-state index contributed by atoms with van der Waals surface area (Å²) in [6, 6.07) is 3.57. The minimum Gasteiger partial charge on any atom is -0.462 e. The quantitative estimate of drug-likeness (QED) is 0.0714. The van der Waals surface area contributed by atoms with Crippen molar-refractivity contribution < 1.29 is 23.9 Å². The summed E-state index contributed by atoms with van der Waals surface area (Å²) in [7, 11) is 0. The number of hydrogen-bond acceptors (Lipinski definition) is 6. The number of esters is 2. The normalized spacial score (nSPS) is 27.3. The van der Waals surface area contributed by atoms with Crippen LogP contribution >= 0.6 is 0 Å². The number of carbonyl (C=O) groups excluding carboxylic acids is 3. The van der Waals surface area contributed by atoms with Gasteiger partial charge < -0.3 is 14.8 Å². The monoisotopic (exact) mass is 787 g/mol. The largest absolute Gasteiger partial charge is 0.462 e. The first-order valence-electron chi connectivity index (χ1n) is 23.4. The molecular formula is C50H78N2O5. The third kappa shape index (κ3) is 12.5. The van der Waals surface area contributed by atoms with Gasteiger partial charge in [0.1, 0.15) is 17.7 Å². The molecule has 4 aliphatic rings. The minimum atomic E-state index is -0.706. The Labute approximate surface area is 346 Å². The molecule has 7 atom stereocenters. The third-order valence-electron chi connectivity index (χ3n) is 14.3. The summed E-state index contributed by atoms with van der Waals surface area (Å²) in [6.45, 7) is 12.8. The zero-order valence-electron chi connectivity index (χ0n) is 36.8. The summed E-state index contributed by atoms with van der Waals surface area (Å²) in [4.78, 5) is 43.7. The Morgan fingerprint density at radius 2 is 1.47 bits per heavy atom. The van der Waals surface area contributed by atoms with Gasteiger partial charge in [0.25, 0.3) is 0 Å². The number of allylic oxidation sites excluding steroid dienone is 3. The van der Waals surface area contributed by atoms with Crippen molar-refractivity contribution in [1.82, 2.24) is 10.3 Å². The molecule has 2 fully saturated rings. The van der Waals surface area contributed by atoms with E-state index >= 15 is 0 Å². The molecule has 1 heterocycles. The first kappa shape index (κ1) is 45.1. The average molecular weight is 787 g/mol. The van der Waals surface area contributed by atoms with Crippen molar-refractivity contribution in [2.45, 2.75) is 213 Å². The number of carbonyl (C=O) groups is 3. The zero-order valence-corrected chi connectivity index (χ0v) is 36.8. The van der Waals surface area contributed by atoms with Gasteiger partial charge in [-0.2, -0.15) is 0 Å². The highest BCUT2D eigenvalue weighted by Crippen LogP contribution is 2.66. The van der Waals surface area contributed by atoms with Crippen LogP contribution in [0.1, 0.15) is 201 Å². The lowest BCUT2D eigenvalue weighted by atomic mass is 9.47. The van der Waals surface area contributed by atoms with Gasteiger partial charge >= 0.3 is 11.9 Å². The van der Waals surface area contributed by atoms with Crippen molar-refractivity contribution in [3.8, 4) is 0 Å². The number of rotatable bonds is 22. The van der Waals surface area contributed by atoms with Crippen molar-refractivity contribution in [2.75, 3.05) is 0 Å². The number of ether oxygens (including phenoxy) is 2. The molecule has 7 nitrogen and oxygen atoms in total. The van der Waals surface area contributed by atoms with Crippen LogP contribution < -0.4 is 5.32 Å². The number of amides is 1. The fraction of sp³-hybridized carbons (Fsp3) is 0.760. The van der Waals surface area contributed by atoms with Crippen LogP contribution in [0.15, 0.2) is 42.3 Å². The summed E-state index contributed by atoms with van der Waals surface area (Å²) in [5.41, 5.74) is 3.95. The molecule has 0 aliphatic heterocycles. The van der Waals surface area contributed by atoms with Gasteiger partial charge in [-0.05, 0) is 112 Å². The molecule has 0 bridgehead atoms. The average Bonchev–Trinajstić information content (AvgIpc) is 3.53. The summed E-state index contributed by atoms with van der Waals surface area (Å²) < 4.78 is 11.7. The van der Waals surface area contributed by atoms with Gasteiger partial charge in [0.2, 0.25) is 5.91 Å². The highest BCUT2D eigenvalue weighted by Gasteiger charge is 2.57. The molecule has 5 rings (SSSR count). The standard InChI is InChI=1S/C50H78N2O5/c1-7-8-9-10-11-12-13-14-15-16-17-18-19-20-23-44(47(55)57-48(2,3)4)52-45(53)28-29-46(54)56-39-30-32-49(5)38(35-39)24-25-40-42-27-26-41(37-22-21-34-51-36-37)50(42,6)33-31-43(40)49/h21-22,24,26,34,36,39-40,42-44H,7-20,23,25,27-33,35H2,1-6H3,(H,52,53)/t39-,40-,42-,43-,44?,49-,50+/m0/s1. The number of nitrogens with one attached hydrogen (secondary N) is 1. The topological polar surface area (TPSA) is 94.6 Å². The van der Waals surface area contributed by atoms with Crippen LogP contribution in [0.3, 0.4) is 0 Å². The predicted molar refractivity (Wildman–Crippen MR) is 231 cm³/mol. The van der Waals surface area contributed by atoms with E-state index in [1.165, 1.54) is 100 Å². The molecule has 1 aromatic rings. The molecule has 1 N–H and O–H groups in total. The smallest absolute Gasteiger partial charge is 0.329 e. The molecule has 4 aliphatic carbocycles. The Bertz CT molecular complexity index is 1510. The van der Waals surface area contributed by atoms with E-state index in [-0.39, 0.29) is 41.7 Å². The van der Waals surface area contributed by atoms with Gasteiger partial charge in [0, 0.05) is 25.2 Å². The van der Waals surface area contributed by atoms with Gasteiger partial charge in [0.05, 0.1) is 6.42 Å². The second-order valence-corrected chi connectivity index (χ2v) is 19.7. The Balaban J connectivity index is 1.02. The second-order valence-electron chi connectivity index (χ2n) is 19.7. The molecule has 57 heavy (non-hydrogen) atoms. The highest BCUT2D eigenvalue weighted by molar-refractivity contribution is 5.86. The maximum atomic E-state index is 13.1. The number of nitrogens with zero attached hydrogens (tertiary/aromatic N) is 1. The van der Waals surface area contributed by atoms with Gasteiger partial charge in [-0.3, -0.25) is 14.6 Å². The molecule has 0 radical (unpaired) electrons. The zero-order chi connectivity index (χ0) is 40.9. The SMILES string of the molecule is CCCCCCCCCCCCCCCCC(NC(=O)CCC(=O)O[C@H]1CC[C@@]2(C)C(=CC[C@@H]3[C@@H]2CC[C@]2(C)C(c4cccnc4)=CC[C@@H]32)C1)C(=O)OC(C)(C)C. The molecule has 318 valence electrons. The molecule has 0 spiro atoms. The van der Waals surface area contributed by atoms with Crippen LogP contribution in [0.4, 0.5) is 0 Å². The molecule has 1 unspecified atom stereocenters. The molecule has 2 saturated carbocycles. The summed E-state index contributed by atoms with van der Waals surface area (Å²) in [5.74, 6) is 0.934. The number of pyridine rings is 1. The summed E-state index contributed by atoms with van der Waals surface area (Å²) >= 11 is 0. The third-order valence-corrected chi connectivity index (χ3v) is 14.3. The van der Waals surface area contributed by atoms with Crippen LogP contribution in [0.5, 0.6) is 0 Å². The van der Waals surface area contributed by atoms with E-state index in [1.54, 1.807) is 0 Å². The highest BCUT2D eigenvalue weighted by atomic mass is 16.6. The van der Waals surface area contributed by atoms with Crippen molar-refractivity contribution in [1.29, 1.82) is 0 Å². The van der Waals surface area contributed by atoms with Crippen LogP contribution in [-0.4, -0.2) is 40.6 Å². The van der Waals surface area contributed by atoms with Crippen LogP contribution in [0, 0.1) is 28.6 Å². The Hall–Kier alpha value is -2.96. The lowest BCUT2D eigenvalue weighted by Crippen LogP contribution is -2.50. The molecule has 1 aromatic heterocycles. The number of fused-ring (bicyclic) bond motifs is 5. The minimum absolute atomic E-state index is 0.00296. The van der Waals surface area contributed by atoms with E-state index < -0.39 is 17.6 Å². The van der Waals surface area contributed by atoms with Gasteiger partial charge in [-0.25, -0.2) is 4.79 Å². The maximum Gasteiger partial charge on any atom is 0.329 e. The van der Waals surface area contributed by atoms with Crippen LogP contribution in [0.25, 0.3) is 5.57 Å².